The van der Waals surface area contributed by atoms with Gasteiger partial charge in [0.2, 0.25) is 0 Å². The molecule has 0 saturated carbocycles. The quantitative estimate of drug-likeness (QED) is 0.163. The van der Waals surface area contributed by atoms with E-state index >= 15 is 0 Å². The van der Waals surface area contributed by atoms with Gasteiger partial charge in [-0.15, -0.1) is 11.3 Å². The van der Waals surface area contributed by atoms with Crippen LogP contribution in [0, 0.1) is 0 Å². The molecule has 0 amide bonds. The van der Waals surface area contributed by atoms with Crippen LogP contribution in [0.3, 0.4) is 0 Å². The van der Waals surface area contributed by atoms with E-state index in [2.05, 4.69) is 222 Å². The minimum atomic E-state index is -0.436. The van der Waals surface area contributed by atoms with Gasteiger partial charge in [0.1, 0.15) is 5.66 Å². The van der Waals surface area contributed by atoms with E-state index in [-0.39, 0.29) is 6.71 Å². The number of hydrogen-bond donors (Lipinski definition) is 0. The zero-order valence-corrected chi connectivity index (χ0v) is 32.5. The van der Waals surface area contributed by atoms with E-state index in [9.17, 15) is 0 Å². The Morgan fingerprint density at radius 3 is 1.79 bits per heavy atom. The lowest BCUT2D eigenvalue weighted by Gasteiger charge is -2.47. The van der Waals surface area contributed by atoms with Gasteiger partial charge in [0.15, 0.2) is 0 Å². The number of thiophene rings is 1. The van der Waals surface area contributed by atoms with Crippen molar-refractivity contribution in [2.75, 3.05) is 19.6 Å². The van der Waals surface area contributed by atoms with E-state index in [1.807, 2.05) is 11.3 Å². The lowest BCUT2D eigenvalue weighted by molar-refractivity contribution is 0.541. The molecule has 0 unspecified atom stereocenters. The molecule has 3 aliphatic heterocycles. The largest absolute Gasteiger partial charge is 0.317 e. The van der Waals surface area contributed by atoms with Crippen LogP contribution in [0.1, 0.15) is 13.8 Å². The predicted molar refractivity (Wildman–Crippen MR) is 245 cm³/mol. The van der Waals surface area contributed by atoms with Crippen molar-refractivity contribution in [2.45, 2.75) is 19.5 Å². The molecule has 0 fully saturated rings. The molecule has 8 aromatic carbocycles. The SMILES string of the molecule is CC1(C)N(c2ccccc2)c2cc(N(c3ccccc3)c3ccccc3)cc3c2N1c1cccc2c1B3c1ccc3c(sc4ccccc43)c1N2c1ccccc1. The van der Waals surface area contributed by atoms with E-state index in [1.54, 1.807) is 0 Å². The van der Waals surface area contributed by atoms with E-state index < -0.39 is 5.66 Å². The summed E-state index contributed by atoms with van der Waals surface area (Å²) < 4.78 is 2.64. The summed E-state index contributed by atoms with van der Waals surface area (Å²) in [6.07, 6.45) is 0. The van der Waals surface area contributed by atoms with Gasteiger partial charge < -0.3 is 19.6 Å². The molecule has 0 aliphatic carbocycles. The monoisotopic (exact) mass is 748 g/mol. The lowest BCUT2D eigenvalue weighted by atomic mass is 9.33. The van der Waals surface area contributed by atoms with E-state index in [4.69, 9.17) is 0 Å². The normalized spacial score (nSPS) is 14.5. The van der Waals surface area contributed by atoms with Crippen LogP contribution >= 0.6 is 11.3 Å². The Hall–Kier alpha value is -6.76. The summed E-state index contributed by atoms with van der Waals surface area (Å²) in [5, 5.41) is 2.62. The van der Waals surface area contributed by atoms with Gasteiger partial charge in [-0.2, -0.15) is 0 Å². The van der Waals surface area contributed by atoms with Crippen LogP contribution in [0.4, 0.5) is 56.9 Å². The van der Waals surface area contributed by atoms with Crippen molar-refractivity contribution in [3.63, 3.8) is 0 Å². The molecule has 57 heavy (non-hydrogen) atoms. The van der Waals surface area contributed by atoms with Crippen molar-refractivity contribution in [3.8, 4) is 0 Å². The van der Waals surface area contributed by atoms with E-state index in [0.717, 1.165) is 17.1 Å². The standard InChI is InChI=1S/C51H37BN4S/c1-51(2)55(37-24-13-6-14-25-37)45-33-38(53(34-18-7-3-8-19-34)35-20-9-4-10-21-35)32-42-48(45)56(51)44-28-17-27-43-47(44)52(42)41-31-30-40-39-26-15-16-29-46(39)57-50(40)49(41)54(43)36-22-11-5-12-23-36/h3-33H,1-2H3. The number of nitrogens with zero attached hydrogens (tertiary/aromatic N) is 4. The summed E-state index contributed by atoms with van der Waals surface area (Å²) in [4.78, 5) is 10.2. The Labute approximate surface area is 337 Å². The highest BCUT2D eigenvalue weighted by Crippen LogP contribution is 2.56. The van der Waals surface area contributed by atoms with Gasteiger partial charge in [0, 0.05) is 55.3 Å². The second-order valence-corrected chi connectivity index (χ2v) is 16.8. The minimum Gasteiger partial charge on any atom is -0.317 e. The zero-order valence-electron chi connectivity index (χ0n) is 31.7. The highest BCUT2D eigenvalue weighted by Gasteiger charge is 2.53. The Morgan fingerprint density at radius 2 is 1.09 bits per heavy atom. The van der Waals surface area contributed by atoms with Crippen LogP contribution in [-0.4, -0.2) is 12.4 Å². The first-order valence-electron chi connectivity index (χ1n) is 19.7. The Bertz CT molecular complexity index is 2980. The summed E-state index contributed by atoms with van der Waals surface area (Å²) in [6.45, 7) is 4.74. The number of benzene rings is 8. The fourth-order valence-corrected chi connectivity index (χ4v) is 11.3. The molecular formula is C51H37BN4S. The van der Waals surface area contributed by atoms with Crippen molar-refractivity contribution >= 4 is 111 Å². The highest BCUT2D eigenvalue weighted by atomic mass is 32.1. The molecule has 12 rings (SSSR count). The smallest absolute Gasteiger partial charge is 0.252 e. The third kappa shape index (κ3) is 4.56. The third-order valence-electron chi connectivity index (χ3n) is 12.2. The van der Waals surface area contributed by atoms with Gasteiger partial charge in [0.05, 0.1) is 21.8 Å². The first-order chi connectivity index (χ1) is 28.1. The topological polar surface area (TPSA) is 13.0 Å². The molecule has 4 nitrogen and oxygen atoms in total. The van der Waals surface area contributed by atoms with Gasteiger partial charge in [-0.25, -0.2) is 0 Å². The summed E-state index contributed by atoms with van der Waals surface area (Å²) in [6, 6.07) is 69.1. The molecule has 6 heteroatoms. The second kappa shape index (κ2) is 12.1. The Morgan fingerprint density at radius 1 is 0.474 bits per heavy atom. The average molecular weight is 749 g/mol. The average Bonchev–Trinajstić information content (AvgIpc) is 3.75. The van der Waals surface area contributed by atoms with Crippen LogP contribution in [0.15, 0.2) is 188 Å². The fourth-order valence-electron chi connectivity index (χ4n) is 10.0. The first kappa shape index (κ1) is 32.5. The van der Waals surface area contributed by atoms with Crippen molar-refractivity contribution in [1.82, 2.24) is 0 Å². The summed E-state index contributed by atoms with van der Waals surface area (Å²) in [7, 11) is 0. The molecule has 3 aliphatic rings. The molecule has 0 spiro atoms. The number of anilines is 10. The lowest BCUT2D eigenvalue weighted by Crippen LogP contribution is -2.63. The zero-order chi connectivity index (χ0) is 37.8. The number of fused-ring (bicyclic) bond motifs is 8. The Balaban J connectivity index is 1.22. The van der Waals surface area contributed by atoms with Crippen molar-refractivity contribution in [3.05, 3.63) is 188 Å². The molecule has 0 radical (unpaired) electrons. The third-order valence-corrected chi connectivity index (χ3v) is 13.4. The number of para-hydroxylation sites is 4. The molecule has 1 aromatic heterocycles. The maximum atomic E-state index is 2.63. The molecule has 0 saturated heterocycles. The van der Waals surface area contributed by atoms with Crippen LogP contribution in [0.2, 0.25) is 0 Å². The maximum absolute atomic E-state index is 2.63. The first-order valence-corrected chi connectivity index (χ1v) is 20.6. The van der Waals surface area contributed by atoms with E-state index in [1.165, 1.54) is 76.4 Å². The maximum Gasteiger partial charge on any atom is 0.252 e. The van der Waals surface area contributed by atoms with Gasteiger partial charge in [0.25, 0.3) is 6.71 Å². The molecule has 0 atom stereocenters. The van der Waals surface area contributed by atoms with Crippen molar-refractivity contribution in [1.29, 1.82) is 0 Å². The highest BCUT2D eigenvalue weighted by molar-refractivity contribution is 7.26. The molecular weight excluding hydrogens is 711 g/mol. The molecule has 270 valence electrons. The Kier molecular flexibility index (Phi) is 6.91. The molecule has 0 bridgehead atoms. The van der Waals surface area contributed by atoms with Crippen LogP contribution in [0.5, 0.6) is 0 Å². The fraction of sp³-hybridized carbons (Fsp3) is 0.0588. The van der Waals surface area contributed by atoms with Gasteiger partial charge >= 0.3 is 0 Å². The predicted octanol–water partition coefficient (Wildman–Crippen LogP) is 12.2. The molecule has 4 heterocycles. The van der Waals surface area contributed by atoms with Crippen LogP contribution in [0.25, 0.3) is 20.2 Å². The van der Waals surface area contributed by atoms with Crippen molar-refractivity contribution in [2.24, 2.45) is 0 Å². The second-order valence-electron chi connectivity index (χ2n) is 15.7. The van der Waals surface area contributed by atoms with Crippen molar-refractivity contribution < 1.29 is 0 Å². The molecule has 9 aromatic rings. The van der Waals surface area contributed by atoms with Crippen LogP contribution in [-0.2, 0) is 0 Å². The summed E-state index contributed by atoms with van der Waals surface area (Å²) >= 11 is 1.91. The van der Waals surface area contributed by atoms with E-state index in [0.29, 0.717) is 0 Å². The van der Waals surface area contributed by atoms with Crippen LogP contribution < -0.4 is 36.0 Å². The molecule has 0 N–H and O–H groups in total. The van der Waals surface area contributed by atoms with Gasteiger partial charge in [-0.3, -0.25) is 0 Å². The van der Waals surface area contributed by atoms with Gasteiger partial charge in [-0.1, -0.05) is 109 Å². The van der Waals surface area contributed by atoms with Gasteiger partial charge in [-0.05, 0) is 109 Å². The number of rotatable bonds is 5. The number of hydrogen-bond acceptors (Lipinski definition) is 5. The summed E-state index contributed by atoms with van der Waals surface area (Å²) in [5.74, 6) is 0. The summed E-state index contributed by atoms with van der Waals surface area (Å²) in [5.41, 5.74) is 15.5. The minimum absolute atomic E-state index is 0.00866.